The lowest BCUT2D eigenvalue weighted by atomic mass is 9.99. The van der Waals surface area contributed by atoms with Crippen LogP contribution in [0.3, 0.4) is 0 Å². The van der Waals surface area contributed by atoms with Gasteiger partial charge in [-0.15, -0.1) is 0 Å². The Bertz CT molecular complexity index is 1990. The van der Waals surface area contributed by atoms with Crippen molar-refractivity contribution in [2.24, 2.45) is 23.7 Å². The molecule has 0 fully saturated rings. The van der Waals surface area contributed by atoms with Gasteiger partial charge >= 0.3 is 39.5 Å². The molecule has 0 aliphatic heterocycles. The van der Waals surface area contributed by atoms with Crippen LogP contribution in [0.2, 0.25) is 0 Å². The zero-order valence-electron chi connectivity index (χ0n) is 67.2. The van der Waals surface area contributed by atoms with E-state index < -0.39 is 97.5 Å². The molecule has 0 radical (unpaired) electrons. The molecule has 0 saturated carbocycles. The first-order chi connectivity index (χ1) is 49.1. The lowest BCUT2D eigenvalue weighted by molar-refractivity contribution is -0.161. The Morgan fingerprint density at radius 3 is 0.696 bits per heavy atom. The van der Waals surface area contributed by atoms with E-state index in [-0.39, 0.29) is 25.7 Å². The van der Waals surface area contributed by atoms with Crippen molar-refractivity contribution >= 4 is 39.5 Å². The second kappa shape index (κ2) is 72.0. The molecule has 0 heterocycles. The highest BCUT2D eigenvalue weighted by Crippen LogP contribution is 2.45. The van der Waals surface area contributed by atoms with Crippen molar-refractivity contribution in [3.8, 4) is 0 Å². The number of ether oxygens (including phenoxy) is 4. The maximum absolute atomic E-state index is 13.1. The number of aliphatic hydroxyl groups is 1. The van der Waals surface area contributed by atoms with Crippen LogP contribution in [0, 0.1) is 23.7 Å². The summed E-state index contributed by atoms with van der Waals surface area (Å²) < 4.78 is 68.7. The highest BCUT2D eigenvalue weighted by molar-refractivity contribution is 7.47. The minimum atomic E-state index is -4.96. The van der Waals surface area contributed by atoms with Crippen LogP contribution in [0.15, 0.2) is 0 Å². The predicted octanol–water partition coefficient (Wildman–Crippen LogP) is 24.8. The second-order valence-corrected chi connectivity index (χ2v) is 34.4. The first-order valence-electron chi connectivity index (χ1n) is 42.7. The maximum atomic E-state index is 13.1. The fraction of sp³-hybridized carbons (Fsp3) is 0.952. The number of hydrogen-bond acceptors (Lipinski definition) is 15. The van der Waals surface area contributed by atoms with E-state index in [1.165, 1.54) is 225 Å². The standard InChI is InChI=1S/C83H162O17P2/c1-9-76(8)62-54-46-37-31-25-19-16-17-20-26-32-38-47-55-63-80(85)93-69-78(99-83(88)66-58-50-40-34-28-22-24-30-36-44-52-60-74(4)5)71-97-101(89,90)95-67-77(84)68-96-102(91,92)98-72-79(70-94-81(86)64-56-48-42-41-45-53-61-75(6)7)100-82(87)65-57-49-39-33-27-21-15-13-11-10-12-14-18-23-29-35-43-51-59-73(2)3/h73-79,84H,9-72H2,1-8H3,(H,89,90)(H,91,92)/t76?,77?,78-,79-/m1/s1. The monoisotopic (exact) mass is 1490 g/mol. The van der Waals surface area contributed by atoms with Crippen LogP contribution in [0.4, 0.5) is 0 Å². The number of carbonyl (C=O) groups is 4. The van der Waals surface area contributed by atoms with Crippen molar-refractivity contribution < 1.29 is 80.2 Å². The molecule has 0 aromatic carbocycles. The third-order valence-electron chi connectivity index (χ3n) is 19.7. The Morgan fingerprint density at radius 1 is 0.275 bits per heavy atom. The van der Waals surface area contributed by atoms with E-state index in [4.69, 9.17) is 37.0 Å². The van der Waals surface area contributed by atoms with Gasteiger partial charge in [0.2, 0.25) is 0 Å². The van der Waals surface area contributed by atoms with E-state index in [1.54, 1.807) is 0 Å². The van der Waals surface area contributed by atoms with Gasteiger partial charge in [0.05, 0.1) is 26.4 Å². The van der Waals surface area contributed by atoms with E-state index in [9.17, 15) is 43.2 Å². The van der Waals surface area contributed by atoms with Gasteiger partial charge in [0.25, 0.3) is 0 Å². The van der Waals surface area contributed by atoms with Crippen LogP contribution in [0.25, 0.3) is 0 Å². The smallest absolute Gasteiger partial charge is 0.462 e. The van der Waals surface area contributed by atoms with E-state index >= 15 is 0 Å². The van der Waals surface area contributed by atoms with Crippen LogP contribution in [0.1, 0.15) is 428 Å². The number of aliphatic hydroxyl groups excluding tert-OH is 1. The zero-order valence-corrected chi connectivity index (χ0v) is 69.0. The van der Waals surface area contributed by atoms with Gasteiger partial charge in [0.1, 0.15) is 19.3 Å². The largest absolute Gasteiger partial charge is 0.472 e. The minimum absolute atomic E-state index is 0.106. The highest BCUT2D eigenvalue weighted by Gasteiger charge is 2.30. The van der Waals surface area contributed by atoms with Gasteiger partial charge in [0.15, 0.2) is 12.2 Å². The van der Waals surface area contributed by atoms with Gasteiger partial charge < -0.3 is 33.8 Å². The molecule has 19 heteroatoms. The molecule has 6 atom stereocenters. The second-order valence-electron chi connectivity index (χ2n) is 31.5. The first kappa shape index (κ1) is 100. The van der Waals surface area contributed by atoms with Crippen molar-refractivity contribution in [1.82, 2.24) is 0 Å². The fourth-order valence-electron chi connectivity index (χ4n) is 12.8. The Hall–Kier alpha value is -1.94. The molecule has 0 aromatic heterocycles. The normalized spacial score (nSPS) is 14.3. The highest BCUT2D eigenvalue weighted by atomic mass is 31.2. The molecule has 0 spiro atoms. The van der Waals surface area contributed by atoms with Crippen LogP contribution in [-0.2, 0) is 65.4 Å². The van der Waals surface area contributed by atoms with Gasteiger partial charge in [-0.05, 0) is 49.4 Å². The van der Waals surface area contributed by atoms with Crippen molar-refractivity contribution in [2.45, 2.75) is 446 Å². The number of phosphoric acid groups is 2. The Morgan fingerprint density at radius 2 is 0.471 bits per heavy atom. The lowest BCUT2D eigenvalue weighted by Gasteiger charge is -2.21. The summed E-state index contributed by atoms with van der Waals surface area (Å²) in [4.78, 5) is 73.0. The van der Waals surface area contributed by atoms with Gasteiger partial charge in [-0.3, -0.25) is 37.3 Å². The summed E-state index contributed by atoms with van der Waals surface area (Å²) in [6, 6.07) is 0. The SMILES string of the molecule is CCC(C)CCCCCCCCCCCCCCCCC(=O)OC[C@H](COP(=O)(O)OCC(O)COP(=O)(O)OC[C@@H](COC(=O)CCCCCCCCC(C)C)OC(=O)CCCCCCCCCCCCCCCCCCCCC(C)C)OC(=O)CCCCCCCCCCCCCC(C)C. The molecule has 0 aromatic rings. The molecule has 4 unspecified atom stereocenters. The summed E-state index contributed by atoms with van der Waals surface area (Å²) in [7, 11) is -9.92. The molecule has 0 bridgehead atoms. The number of unbranched alkanes of at least 4 members (excludes halogenated alkanes) is 45. The molecule has 0 saturated heterocycles. The van der Waals surface area contributed by atoms with Crippen molar-refractivity contribution in [3.63, 3.8) is 0 Å². The first-order valence-corrected chi connectivity index (χ1v) is 45.7. The summed E-state index contributed by atoms with van der Waals surface area (Å²) in [5.41, 5.74) is 0. The van der Waals surface area contributed by atoms with Crippen molar-refractivity contribution in [2.75, 3.05) is 39.6 Å². The molecule has 102 heavy (non-hydrogen) atoms. The predicted molar refractivity (Wildman–Crippen MR) is 418 cm³/mol. The van der Waals surface area contributed by atoms with E-state index in [2.05, 4.69) is 55.4 Å². The number of esters is 4. The zero-order chi connectivity index (χ0) is 75.3. The summed E-state index contributed by atoms with van der Waals surface area (Å²) in [6.07, 6.45) is 59.8. The molecule has 606 valence electrons. The average molecular weight is 1490 g/mol. The van der Waals surface area contributed by atoms with Crippen LogP contribution in [-0.4, -0.2) is 96.7 Å². The molecule has 0 amide bonds. The molecule has 0 aliphatic rings. The minimum Gasteiger partial charge on any atom is -0.462 e. The van der Waals surface area contributed by atoms with Crippen LogP contribution < -0.4 is 0 Å². The summed E-state index contributed by atoms with van der Waals surface area (Å²) in [5, 5.41) is 10.6. The Balaban J connectivity index is 5.18. The topological polar surface area (TPSA) is 237 Å². The Kier molecular flexibility index (Phi) is 70.6. The van der Waals surface area contributed by atoms with Crippen molar-refractivity contribution in [1.29, 1.82) is 0 Å². The van der Waals surface area contributed by atoms with Gasteiger partial charge in [-0.25, -0.2) is 9.13 Å². The van der Waals surface area contributed by atoms with Gasteiger partial charge in [-0.2, -0.15) is 0 Å². The third kappa shape index (κ3) is 74.9. The molecular formula is C83H162O17P2. The van der Waals surface area contributed by atoms with Crippen LogP contribution in [0.5, 0.6) is 0 Å². The molecule has 3 N–H and O–H groups in total. The van der Waals surface area contributed by atoms with Crippen molar-refractivity contribution in [3.05, 3.63) is 0 Å². The Labute approximate surface area is 626 Å². The van der Waals surface area contributed by atoms with Gasteiger partial charge in [-0.1, -0.05) is 376 Å². The fourth-order valence-corrected chi connectivity index (χ4v) is 14.3. The maximum Gasteiger partial charge on any atom is 0.472 e. The van der Waals surface area contributed by atoms with E-state index in [0.29, 0.717) is 31.6 Å². The molecule has 0 rings (SSSR count). The quantitative estimate of drug-likeness (QED) is 0.0222. The average Bonchev–Trinajstić information content (AvgIpc) is 2.67. The number of carbonyl (C=O) groups excluding carboxylic acids is 4. The van der Waals surface area contributed by atoms with Gasteiger partial charge in [0, 0.05) is 25.7 Å². The summed E-state index contributed by atoms with van der Waals surface area (Å²) in [5.74, 6) is 1.00. The number of phosphoric ester groups is 2. The van der Waals surface area contributed by atoms with Crippen LogP contribution >= 0.6 is 15.6 Å². The number of rotatable bonds is 80. The molecular weight excluding hydrogens is 1330 g/mol. The van der Waals surface area contributed by atoms with E-state index in [1.807, 2.05) is 0 Å². The van der Waals surface area contributed by atoms with E-state index in [0.717, 1.165) is 114 Å². The molecule has 17 nitrogen and oxygen atoms in total. The lowest BCUT2D eigenvalue weighted by Crippen LogP contribution is -2.30. The summed E-state index contributed by atoms with van der Waals surface area (Å²) >= 11 is 0. The molecule has 0 aliphatic carbocycles. The summed E-state index contributed by atoms with van der Waals surface area (Å²) in [6.45, 7) is 14.3. The number of hydrogen-bond donors (Lipinski definition) is 3. The third-order valence-corrected chi connectivity index (χ3v) is 21.6.